The number of fused-ring (bicyclic) bond motifs is 3. The second kappa shape index (κ2) is 14.7. The van der Waals surface area contributed by atoms with E-state index in [0.29, 0.717) is 17.9 Å². The first kappa shape index (κ1) is 34.2. The Morgan fingerprint density at radius 1 is 0.755 bits per heavy atom. The lowest BCUT2D eigenvalue weighted by atomic mass is 9.77. The number of rotatable bonds is 8. The zero-order valence-electron chi connectivity index (χ0n) is 31.9. The first-order chi connectivity index (χ1) is 26.0. The summed E-state index contributed by atoms with van der Waals surface area (Å²) >= 11 is 0. The maximum Gasteiger partial charge on any atom is 0.0625 e. The van der Waals surface area contributed by atoms with Gasteiger partial charge in [-0.2, -0.15) is 0 Å². The molecule has 1 aromatic rings. The molecular formula is C52H55N. The van der Waals surface area contributed by atoms with Gasteiger partial charge in [0.25, 0.3) is 0 Å². The van der Waals surface area contributed by atoms with Crippen LogP contribution in [0.15, 0.2) is 190 Å². The standard InChI is InChI=1S/C52H55N/c1-52(2)49-20-9-8-19-47(49)48-35-24-38(36-50(48)52)13-10-12-37-22-25-40(26-23-37)42-29-33-45(34-30-42)53(51-21-11-17-43-16-6-7-18-46(43)51)44-31-27-41(28-32-44)39-14-4-3-5-15-39/h4,7-12,14-15,17-20,22,24-25,27,29,31-33,36,41,48,51H,3,5-6,13,16,21,23,26,28,30,34-35H2,1-2H3. The van der Waals surface area contributed by atoms with E-state index in [4.69, 9.17) is 0 Å². The van der Waals surface area contributed by atoms with Crippen LogP contribution in [0.3, 0.4) is 0 Å². The molecule has 3 unspecified atom stereocenters. The predicted molar refractivity (Wildman–Crippen MR) is 224 cm³/mol. The molecule has 0 aliphatic heterocycles. The summed E-state index contributed by atoms with van der Waals surface area (Å²) in [5.74, 6) is 1.05. The third kappa shape index (κ3) is 6.73. The van der Waals surface area contributed by atoms with Gasteiger partial charge in [0.05, 0.1) is 6.04 Å². The van der Waals surface area contributed by atoms with E-state index in [9.17, 15) is 0 Å². The molecule has 0 aromatic heterocycles. The van der Waals surface area contributed by atoms with Crippen LogP contribution in [0.25, 0.3) is 0 Å². The average molecular weight is 694 g/mol. The van der Waals surface area contributed by atoms with Crippen LogP contribution < -0.4 is 0 Å². The molecule has 0 N–H and O–H groups in total. The van der Waals surface area contributed by atoms with Gasteiger partial charge in [-0.3, -0.25) is 0 Å². The van der Waals surface area contributed by atoms with Gasteiger partial charge in [0.2, 0.25) is 0 Å². The summed E-state index contributed by atoms with van der Waals surface area (Å²) in [4.78, 5) is 2.71. The van der Waals surface area contributed by atoms with Crippen LogP contribution in [0.4, 0.5) is 0 Å². The predicted octanol–water partition coefficient (Wildman–Crippen LogP) is 13.5. The Morgan fingerprint density at radius 3 is 2.42 bits per heavy atom. The van der Waals surface area contributed by atoms with Crippen molar-refractivity contribution in [2.24, 2.45) is 5.92 Å². The fourth-order valence-corrected chi connectivity index (χ4v) is 10.2. The molecule has 0 fully saturated rings. The lowest BCUT2D eigenvalue weighted by Gasteiger charge is -2.41. The van der Waals surface area contributed by atoms with Crippen molar-refractivity contribution >= 4 is 0 Å². The van der Waals surface area contributed by atoms with Crippen LogP contribution in [0.1, 0.15) is 108 Å². The van der Waals surface area contributed by atoms with Gasteiger partial charge in [-0.1, -0.05) is 141 Å². The van der Waals surface area contributed by atoms with Crippen molar-refractivity contribution in [2.75, 3.05) is 0 Å². The van der Waals surface area contributed by atoms with E-state index in [1.807, 2.05) is 0 Å². The van der Waals surface area contributed by atoms with Crippen molar-refractivity contribution in [2.45, 2.75) is 108 Å². The Hall–Kier alpha value is -4.62. The van der Waals surface area contributed by atoms with Crippen molar-refractivity contribution in [3.05, 3.63) is 201 Å². The highest BCUT2D eigenvalue weighted by Gasteiger charge is 2.41. The summed E-state index contributed by atoms with van der Waals surface area (Å²) in [5.41, 5.74) is 18.1. The van der Waals surface area contributed by atoms with Crippen LogP contribution in [0.2, 0.25) is 0 Å². The lowest BCUT2D eigenvalue weighted by Crippen LogP contribution is -2.37. The van der Waals surface area contributed by atoms with Gasteiger partial charge in [-0.05, 0) is 139 Å². The van der Waals surface area contributed by atoms with Crippen molar-refractivity contribution in [3.63, 3.8) is 0 Å². The maximum atomic E-state index is 2.71. The molecule has 268 valence electrons. The molecule has 0 bridgehead atoms. The molecule has 8 aliphatic rings. The molecule has 8 aliphatic carbocycles. The third-order valence-corrected chi connectivity index (χ3v) is 13.2. The molecule has 0 amide bonds. The minimum absolute atomic E-state index is 0.124. The molecule has 0 heterocycles. The summed E-state index contributed by atoms with van der Waals surface area (Å²) in [6, 6.07) is 9.45. The SMILES string of the molecule is CC1(C)C2=CC(CC=CC3=CC=C(C4=CC=C(N(C5=CCC(C6=CCCC=C6)C=C5)C5CC=CC6=C5C=CCC6)CC4)CC3)=CCC2c2ccccc21. The average Bonchev–Trinajstić information content (AvgIpc) is 3.44. The van der Waals surface area contributed by atoms with Crippen molar-refractivity contribution in [1.82, 2.24) is 4.90 Å². The highest BCUT2D eigenvalue weighted by molar-refractivity contribution is 5.58. The van der Waals surface area contributed by atoms with Crippen molar-refractivity contribution < 1.29 is 0 Å². The maximum absolute atomic E-state index is 2.71. The fraction of sp³-hybridized carbons (Fsp3) is 0.346. The first-order valence-electron chi connectivity index (χ1n) is 20.6. The molecule has 0 saturated heterocycles. The summed E-state index contributed by atoms with van der Waals surface area (Å²) in [5, 5.41) is 0. The number of hydrogen-bond donors (Lipinski definition) is 0. The van der Waals surface area contributed by atoms with Crippen molar-refractivity contribution in [1.29, 1.82) is 0 Å². The third-order valence-electron chi connectivity index (χ3n) is 13.2. The largest absolute Gasteiger partial charge is 0.338 e. The van der Waals surface area contributed by atoms with Gasteiger partial charge < -0.3 is 4.90 Å². The van der Waals surface area contributed by atoms with Crippen LogP contribution in [-0.4, -0.2) is 10.9 Å². The van der Waals surface area contributed by atoms with Crippen molar-refractivity contribution in [3.8, 4) is 0 Å². The Balaban J connectivity index is 0.893. The van der Waals surface area contributed by atoms with Crippen LogP contribution in [-0.2, 0) is 5.41 Å². The van der Waals surface area contributed by atoms with E-state index in [2.05, 4.69) is 152 Å². The van der Waals surface area contributed by atoms with Gasteiger partial charge in [0, 0.05) is 28.6 Å². The lowest BCUT2D eigenvalue weighted by molar-refractivity contribution is 0.342. The van der Waals surface area contributed by atoms with E-state index in [0.717, 1.165) is 64.2 Å². The van der Waals surface area contributed by atoms with E-state index < -0.39 is 0 Å². The molecule has 3 atom stereocenters. The highest BCUT2D eigenvalue weighted by atomic mass is 15.2. The highest BCUT2D eigenvalue weighted by Crippen LogP contribution is 2.53. The summed E-state index contributed by atoms with van der Waals surface area (Å²) in [7, 11) is 0. The van der Waals surface area contributed by atoms with E-state index in [-0.39, 0.29) is 5.41 Å². The fourth-order valence-electron chi connectivity index (χ4n) is 10.2. The zero-order valence-corrected chi connectivity index (χ0v) is 31.9. The number of nitrogens with zero attached hydrogens (tertiary/aromatic N) is 1. The second-order valence-corrected chi connectivity index (χ2v) is 16.7. The summed E-state index contributed by atoms with van der Waals surface area (Å²) in [6.07, 6.45) is 57.1. The monoisotopic (exact) mass is 693 g/mol. The summed E-state index contributed by atoms with van der Waals surface area (Å²) in [6.45, 7) is 4.82. The van der Waals surface area contributed by atoms with Gasteiger partial charge in [-0.25, -0.2) is 0 Å². The van der Waals surface area contributed by atoms with E-state index in [1.54, 1.807) is 5.57 Å². The van der Waals surface area contributed by atoms with Crippen LogP contribution >= 0.6 is 0 Å². The number of benzene rings is 1. The van der Waals surface area contributed by atoms with Crippen LogP contribution in [0.5, 0.6) is 0 Å². The normalized spacial score (nSPS) is 27.1. The minimum atomic E-state index is 0.124. The number of allylic oxidation sites excluding steroid dienone is 24. The van der Waals surface area contributed by atoms with Crippen LogP contribution in [0, 0.1) is 5.92 Å². The first-order valence-corrected chi connectivity index (χ1v) is 20.6. The molecule has 1 heteroatoms. The molecule has 53 heavy (non-hydrogen) atoms. The van der Waals surface area contributed by atoms with E-state index in [1.165, 1.54) is 74.4 Å². The quantitative estimate of drug-likeness (QED) is 0.262. The van der Waals surface area contributed by atoms with Gasteiger partial charge in [0.1, 0.15) is 0 Å². The van der Waals surface area contributed by atoms with Gasteiger partial charge >= 0.3 is 0 Å². The molecule has 0 radical (unpaired) electrons. The summed E-state index contributed by atoms with van der Waals surface area (Å²) < 4.78 is 0. The molecule has 0 saturated carbocycles. The molecule has 0 spiro atoms. The molecular weight excluding hydrogens is 639 g/mol. The zero-order chi connectivity index (χ0) is 35.8. The topological polar surface area (TPSA) is 3.24 Å². The van der Waals surface area contributed by atoms with E-state index >= 15 is 0 Å². The smallest absolute Gasteiger partial charge is 0.0625 e. The van der Waals surface area contributed by atoms with Gasteiger partial charge in [0.15, 0.2) is 0 Å². The molecule has 1 aromatic carbocycles. The molecule has 1 nitrogen and oxygen atoms in total. The minimum Gasteiger partial charge on any atom is -0.338 e. The second-order valence-electron chi connectivity index (χ2n) is 16.7. The molecule has 9 rings (SSSR count). The Bertz CT molecular complexity index is 2110. The number of hydrogen-bond acceptors (Lipinski definition) is 1. The van der Waals surface area contributed by atoms with Gasteiger partial charge in [-0.15, -0.1) is 0 Å². The Kier molecular flexibility index (Phi) is 9.45. The Morgan fingerprint density at radius 2 is 1.62 bits per heavy atom. The Labute approximate surface area is 318 Å².